The van der Waals surface area contributed by atoms with Crippen LogP contribution in [0.1, 0.15) is 29.7 Å². The van der Waals surface area contributed by atoms with Gasteiger partial charge in [0, 0.05) is 12.6 Å². The second-order valence-corrected chi connectivity index (χ2v) is 6.77. The minimum Gasteiger partial charge on any atom is -0.306 e. The van der Waals surface area contributed by atoms with E-state index in [1.807, 2.05) is 6.07 Å². The van der Waals surface area contributed by atoms with E-state index >= 15 is 0 Å². The normalized spacial score (nSPS) is 13.1. The first-order chi connectivity index (χ1) is 9.86. The van der Waals surface area contributed by atoms with Crippen molar-refractivity contribution in [3.05, 3.63) is 65.2 Å². The van der Waals surface area contributed by atoms with E-state index < -0.39 is 10.0 Å². The molecule has 1 atom stereocenters. The van der Waals surface area contributed by atoms with E-state index in [9.17, 15) is 8.42 Å². The predicted molar refractivity (Wildman–Crippen MR) is 84.2 cm³/mol. The molecule has 0 amide bonds. The van der Waals surface area contributed by atoms with Crippen LogP contribution in [0.5, 0.6) is 0 Å². The average molecular weight is 304 g/mol. The maximum Gasteiger partial charge on any atom is 0.238 e. The standard InChI is InChI=1S/C16H20N2O2S/c1-12-6-8-15(9-7-12)13(2)18-11-14-4-3-5-16(10-14)21(17,19)20/h3-10,13,18H,11H2,1-2H3,(H2,17,19,20). The Morgan fingerprint density at radius 1 is 1.14 bits per heavy atom. The molecule has 0 spiro atoms. The average Bonchev–Trinajstić information content (AvgIpc) is 2.45. The van der Waals surface area contributed by atoms with Crippen LogP contribution in [0.4, 0.5) is 0 Å². The zero-order valence-corrected chi connectivity index (χ0v) is 13.0. The Labute approximate surface area is 126 Å². The number of aryl methyl sites for hydroxylation is 1. The summed E-state index contributed by atoms with van der Waals surface area (Å²) in [6.45, 7) is 4.72. The van der Waals surface area contributed by atoms with Crippen molar-refractivity contribution in [2.45, 2.75) is 31.3 Å². The van der Waals surface area contributed by atoms with Gasteiger partial charge in [0.15, 0.2) is 0 Å². The van der Waals surface area contributed by atoms with Gasteiger partial charge in [0.25, 0.3) is 0 Å². The first kappa shape index (κ1) is 15.7. The van der Waals surface area contributed by atoms with Crippen molar-refractivity contribution < 1.29 is 8.42 Å². The Balaban J connectivity index is 2.04. The van der Waals surface area contributed by atoms with Crippen LogP contribution in [-0.4, -0.2) is 8.42 Å². The van der Waals surface area contributed by atoms with Crippen LogP contribution in [0.15, 0.2) is 53.4 Å². The largest absolute Gasteiger partial charge is 0.306 e. The van der Waals surface area contributed by atoms with Crippen molar-refractivity contribution in [2.75, 3.05) is 0 Å². The quantitative estimate of drug-likeness (QED) is 0.891. The second-order valence-electron chi connectivity index (χ2n) is 5.21. The SMILES string of the molecule is Cc1ccc(C(C)NCc2cccc(S(N)(=O)=O)c2)cc1. The van der Waals surface area contributed by atoms with E-state index in [-0.39, 0.29) is 10.9 Å². The molecule has 21 heavy (non-hydrogen) atoms. The third kappa shape index (κ3) is 4.39. The highest BCUT2D eigenvalue weighted by molar-refractivity contribution is 7.89. The summed E-state index contributed by atoms with van der Waals surface area (Å²) in [5.41, 5.74) is 3.32. The van der Waals surface area contributed by atoms with Gasteiger partial charge in [-0.15, -0.1) is 0 Å². The molecule has 0 aliphatic carbocycles. The molecule has 2 rings (SSSR count). The molecule has 112 valence electrons. The number of nitrogens with two attached hydrogens (primary N) is 1. The first-order valence-electron chi connectivity index (χ1n) is 6.78. The Hall–Kier alpha value is -1.69. The fraction of sp³-hybridized carbons (Fsp3) is 0.250. The van der Waals surface area contributed by atoms with Crippen molar-refractivity contribution in [3.8, 4) is 0 Å². The van der Waals surface area contributed by atoms with E-state index in [1.165, 1.54) is 17.2 Å². The van der Waals surface area contributed by atoms with E-state index in [1.54, 1.807) is 12.1 Å². The lowest BCUT2D eigenvalue weighted by molar-refractivity contribution is 0.573. The highest BCUT2D eigenvalue weighted by Crippen LogP contribution is 2.15. The van der Waals surface area contributed by atoms with Crippen LogP contribution in [0.25, 0.3) is 0 Å². The second kappa shape index (κ2) is 6.39. The summed E-state index contributed by atoms with van der Waals surface area (Å²) in [6, 6.07) is 15.2. The molecule has 0 aliphatic heterocycles. The zero-order chi connectivity index (χ0) is 15.5. The number of benzene rings is 2. The number of hydrogen-bond acceptors (Lipinski definition) is 3. The Kier molecular flexibility index (Phi) is 4.77. The lowest BCUT2D eigenvalue weighted by Crippen LogP contribution is -2.18. The van der Waals surface area contributed by atoms with Gasteiger partial charge in [-0.05, 0) is 37.1 Å². The summed E-state index contributed by atoms with van der Waals surface area (Å²) in [7, 11) is -3.65. The van der Waals surface area contributed by atoms with Crippen molar-refractivity contribution in [3.63, 3.8) is 0 Å². The molecule has 3 N–H and O–H groups in total. The van der Waals surface area contributed by atoms with E-state index in [0.717, 1.165) is 5.56 Å². The summed E-state index contributed by atoms with van der Waals surface area (Å²) >= 11 is 0. The molecule has 0 aliphatic rings. The number of primary sulfonamides is 1. The Morgan fingerprint density at radius 2 is 1.81 bits per heavy atom. The number of nitrogens with one attached hydrogen (secondary N) is 1. The highest BCUT2D eigenvalue weighted by Gasteiger charge is 2.09. The molecule has 0 fully saturated rings. The van der Waals surface area contributed by atoms with Crippen molar-refractivity contribution in [1.29, 1.82) is 0 Å². The maximum absolute atomic E-state index is 11.3. The van der Waals surface area contributed by atoms with Crippen LogP contribution in [0.2, 0.25) is 0 Å². The molecule has 2 aromatic rings. The van der Waals surface area contributed by atoms with Crippen molar-refractivity contribution >= 4 is 10.0 Å². The van der Waals surface area contributed by atoms with E-state index in [2.05, 4.69) is 43.4 Å². The molecule has 0 saturated carbocycles. The molecule has 1 unspecified atom stereocenters. The molecule has 0 saturated heterocycles. The summed E-state index contributed by atoms with van der Waals surface area (Å²) in [6.07, 6.45) is 0. The number of hydrogen-bond donors (Lipinski definition) is 2. The van der Waals surface area contributed by atoms with Crippen LogP contribution < -0.4 is 10.5 Å². The van der Waals surface area contributed by atoms with Crippen LogP contribution in [0.3, 0.4) is 0 Å². The van der Waals surface area contributed by atoms with Gasteiger partial charge in [0.2, 0.25) is 10.0 Å². The van der Waals surface area contributed by atoms with Crippen molar-refractivity contribution in [1.82, 2.24) is 5.32 Å². The maximum atomic E-state index is 11.3. The summed E-state index contributed by atoms with van der Waals surface area (Å²) < 4.78 is 22.7. The molecule has 0 bridgehead atoms. The van der Waals surface area contributed by atoms with Crippen LogP contribution in [0, 0.1) is 6.92 Å². The molecule has 2 aromatic carbocycles. The third-order valence-corrected chi connectivity index (χ3v) is 4.33. The van der Waals surface area contributed by atoms with Gasteiger partial charge < -0.3 is 5.32 Å². The lowest BCUT2D eigenvalue weighted by atomic mass is 10.1. The summed E-state index contributed by atoms with van der Waals surface area (Å²) in [4.78, 5) is 0.143. The molecule has 0 aromatic heterocycles. The fourth-order valence-corrected chi connectivity index (χ4v) is 2.66. The van der Waals surface area contributed by atoms with Gasteiger partial charge in [0.1, 0.15) is 0 Å². The first-order valence-corrected chi connectivity index (χ1v) is 8.32. The van der Waals surface area contributed by atoms with Gasteiger partial charge >= 0.3 is 0 Å². The third-order valence-electron chi connectivity index (χ3n) is 3.42. The summed E-state index contributed by atoms with van der Waals surface area (Å²) in [5, 5.41) is 8.52. The predicted octanol–water partition coefficient (Wildman–Crippen LogP) is 2.49. The molecule has 4 nitrogen and oxygen atoms in total. The molecule has 0 heterocycles. The highest BCUT2D eigenvalue weighted by atomic mass is 32.2. The fourth-order valence-electron chi connectivity index (χ4n) is 2.08. The lowest BCUT2D eigenvalue weighted by Gasteiger charge is -2.15. The number of rotatable bonds is 5. The van der Waals surface area contributed by atoms with E-state index in [4.69, 9.17) is 5.14 Å². The summed E-state index contributed by atoms with van der Waals surface area (Å²) in [5.74, 6) is 0. The molecule has 5 heteroatoms. The van der Waals surface area contributed by atoms with Gasteiger partial charge in [-0.3, -0.25) is 0 Å². The smallest absolute Gasteiger partial charge is 0.238 e. The minimum atomic E-state index is -3.65. The van der Waals surface area contributed by atoms with Gasteiger partial charge in [-0.1, -0.05) is 42.0 Å². The van der Waals surface area contributed by atoms with Gasteiger partial charge in [0.05, 0.1) is 4.90 Å². The Bertz CT molecular complexity index is 709. The number of sulfonamides is 1. The van der Waals surface area contributed by atoms with E-state index in [0.29, 0.717) is 6.54 Å². The van der Waals surface area contributed by atoms with Gasteiger partial charge in [-0.25, -0.2) is 13.6 Å². The molecule has 0 radical (unpaired) electrons. The van der Waals surface area contributed by atoms with Crippen LogP contribution >= 0.6 is 0 Å². The van der Waals surface area contributed by atoms with Crippen molar-refractivity contribution in [2.24, 2.45) is 5.14 Å². The zero-order valence-electron chi connectivity index (χ0n) is 12.2. The monoisotopic (exact) mass is 304 g/mol. The van der Waals surface area contributed by atoms with Gasteiger partial charge in [-0.2, -0.15) is 0 Å². The Morgan fingerprint density at radius 3 is 2.43 bits per heavy atom. The molecular weight excluding hydrogens is 284 g/mol. The topological polar surface area (TPSA) is 72.2 Å². The molecular formula is C16H20N2O2S. The minimum absolute atomic E-state index is 0.143. The van der Waals surface area contributed by atoms with Crippen LogP contribution in [-0.2, 0) is 16.6 Å².